The maximum Gasteiger partial charge on any atom is 0.261 e. The van der Waals surface area contributed by atoms with Gasteiger partial charge in [0.25, 0.3) is 5.91 Å². The number of halogens is 3. The fourth-order valence-corrected chi connectivity index (χ4v) is 4.10. The second-order valence-corrected chi connectivity index (χ2v) is 9.74. The number of nitrogens with one attached hydrogen (secondary N) is 1. The summed E-state index contributed by atoms with van der Waals surface area (Å²) in [5.41, 5.74) is 1.71. The Bertz CT molecular complexity index is 1130. The highest BCUT2D eigenvalue weighted by Gasteiger charge is 2.30. The fraction of sp³-hybridized carbons (Fsp3) is 0.259. The minimum Gasteiger partial charge on any atom is -0.484 e. The molecule has 0 radical (unpaired) electrons. The molecular weight excluding hydrogens is 551 g/mol. The molecule has 3 aromatic carbocycles. The summed E-state index contributed by atoms with van der Waals surface area (Å²) in [5, 5.41) is 3.76. The number of carbonyl (C=O) groups excluding carboxylic acids is 2. The summed E-state index contributed by atoms with van der Waals surface area (Å²) in [6.45, 7) is 2.47. The molecule has 8 heteroatoms. The first-order valence-electron chi connectivity index (χ1n) is 11.3. The zero-order valence-corrected chi connectivity index (χ0v) is 22.4. The van der Waals surface area contributed by atoms with Gasteiger partial charge in [-0.3, -0.25) is 9.59 Å². The Morgan fingerprint density at radius 2 is 1.69 bits per heavy atom. The van der Waals surface area contributed by atoms with Crippen LogP contribution in [0.25, 0.3) is 0 Å². The van der Waals surface area contributed by atoms with E-state index in [0.29, 0.717) is 28.8 Å². The molecule has 2 amide bonds. The third-order valence-corrected chi connectivity index (χ3v) is 6.60. The van der Waals surface area contributed by atoms with Gasteiger partial charge in [-0.2, -0.15) is 0 Å². The topological polar surface area (TPSA) is 58.6 Å². The number of benzene rings is 3. The monoisotopic (exact) mass is 576 g/mol. The largest absolute Gasteiger partial charge is 0.484 e. The van der Waals surface area contributed by atoms with Gasteiger partial charge in [-0.1, -0.05) is 82.5 Å². The van der Waals surface area contributed by atoms with Crippen molar-refractivity contribution < 1.29 is 14.3 Å². The summed E-state index contributed by atoms with van der Waals surface area (Å²) in [6.07, 6.45) is 1.15. The summed E-state index contributed by atoms with van der Waals surface area (Å²) in [5.74, 6) is 0.0328. The van der Waals surface area contributed by atoms with E-state index < -0.39 is 6.04 Å². The van der Waals surface area contributed by atoms with E-state index in [1.165, 1.54) is 0 Å². The summed E-state index contributed by atoms with van der Waals surface area (Å²) in [7, 11) is 0. The molecule has 3 aromatic rings. The van der Waals surface area contributed by atoms with Gasteiger partial charge in [0.15, 0.2) is 6.61 Å². The van der Waals surface area contributed by atoms with E-state index in [2.05, 4.69) is 21.2 Å². The van der Waals surface area contributed by atoms with Crippen LogP contribution in [0.15, 0.2) is 77.3 Å². The van der Waals surface area contributed by atoms with E-state index in [4.69, 9.17) is 27.9 Å². The number of carbonyl (C=O) groups is 2. The van der Waals surface area contributed by atoms with E-state index in [9.17, 15) is 9.59 Å². The average Bonchev–Trinajstić information content (AvgIpc) is 2.86. The molecule has 0 saturated carbocycles. The zero-order chi connectivity index (χ0) is 25.2. The van der Waals surface area contributed by atoms with Crippen LogP contribution in [0.4, 0.5) is 0 Å². The van der Waals surface area contributed by atoms with Crippen LogP contribution in [-0.2, 0) is 22.6 Å². The molecule has 0 saturated heterocycles. The molecule has 184 valence electrons. The SMILES string of the molecule is CCCNC(=O)C(Cc1ccccc1)N(Cc1ccc(Cl)c(Cl)c1)C(=O)COc1ccc(Br)cc1. The van der Waals surface area contributed by atoms with Crippen molar-refractivity contribution in [1.82, 2.24) is 10.2 Å². The van der Waals surface area contributed by atoms with Crippen molar-refractivity contribution in [3.8, 4) is 5.75 Å². The quantitative estimate of drug-likeness (QED) is 0.291. The van der Waals surface area contributed by atoms with Crippen LogP contribution in [-0.4, -0.2) is 35.9 Å². The van der Waals surface area contributed by atoms with Crippen molar-refractivity contribution in [3.05, 3.63) is 98.4 Å². The minimum absolute atomic E-state index is 0.177. The molecule has 0 bridgehead atoms. The smallest absolute Gasteiger partial charge is 0.261 e. The number of amides is 2. The van der Waals surface area contributed by atoms with Gasteiger partial charge in [-0.05, 0) is 53.9 Å². The molecule has 0 aromatic heterocycles. The number of rotatable bonds is 11. The second-order valence-electron chi connectivity index (χ2n) is 8.01. The van der Waals surface area contributed by atoms with Gasteiger partial charge in [0.05, 0.1) is 10.0 Å². The van der Waals surface area contributed by atoms with Crippen LogP contribution >= 0.6 is 39.1 Å². The number of hydrogen-bond donors (Lipinski definition) is 1. The van der Waals surface area contributed by atoms with E-state index in [-0.39, 0.29) is 25.0 Å². The zero-order valence-electron chi connectivity index (χ0n) is 19.3. The molecule has 0 aliphatic heterocycles. The number of ether oxygens (including phenoxy) is 1. The summed E-state index contributed by atoms with van der Waals surface area (Å²) in [6, 6.07) is 21.3. The van der Waals surface area contributed by atoms with Gasteiger partial charge in [0.2, 0.25) is 5.91 Å². The maximum absolute atomic E-state index is 13.5. The highest BCUT2D eigenvalue weighted by Crippen LogP contribution is 2.24. The van der Waals surface area contributed by atoms with E-state index in [0.717, 1.165) is 22.0 Å². The Morgan fingerprint density at radius 1 is 0.971 bits per heavy atom. The van der Waals surface area contributed by atoms with Gasteiger partial charge < -0.3 is 15.0 Å². The van der Waals surface area contributed by atoms with Crippen LogP contribution < -0.4 is 10.1 Å². The Labute approximate surface area is 224 Å². The summed E-state index contributed by atoms with van der Waals surface area (Å²) >= 11 is 15.7. The van der Waals surface area contributed by atoms with Crippen molar-refractivity contribution in [2.75, 3.05) is 13.2 Å². The molecule has 5 nitrogen and oxygen atoms in total. The Morgan fingerprint density at radius 3 is 2.34 bits per heavy atom. The second kappa shape index (κ2) is 13.5. The summed E-state index contributed by atoms with van der Waals surface area (Å²) in [4.78, 5) is 28.3. The highest BCUT2D eigenvalue weighted by atomic mass is 79.9. The number of hydrogen-bond acceptors (Lipinski definition) is 3. The molecule has 1 N–H and O–H groups in total. The number of nitrogens with zero attached hydrogens (tertiary/aromatic N) is 1. The van der Waals surface area contributed by atoms with Gasteiger partial charge in [0, 0.05) is 24.0 Å². The maximum atomic E-state index is 13.5. The molecule has 1 unspecified atom stereocenters. The lowest BCUT2D eigenvalue weighted by molar-refractivity contribution is -0.142. The first-order chi connectivity index (χ1) is 16.9. The third kappa shape index (κ3) is 8.27. The van der Waals surface area contributed by atoms with Crippen molar-refractivity contribution >= 4 is 50.9 Å². The van der Waals surface area contributed by atoms with Crippen molar-refractivity contribution in [2.24, 2.45) is 0 Å². The Hall–Kier alpha value is -2.54. The Balaban J connectivity index is 1.90. The molecule has 0 spiro atoms. The van der Waals surface area contributed by atoms with E-state index in [1.807, 2.05) is 49.4 Å². The predicted octanol–water partition coefficient (Wildman–Crippen LogP) is 6.30. The van der Waals surface area contributed by atoms with E-state index >= 15 is 0 Å². The molecule has 3 rings (SSSR count). The first-order valence-corrected chi connectivity index (χ1v) is 12.9. The van der Waals surface area contributed by atoms with Gasteiger partial charge in [-0.25, -0.2) is 0 Å². The predicted molar refractivity (Wildman–Crippen MR) is 144 cm³/mol. The molecule has 0 aliphatic rings. The van der Waals surface area contributed by atoms with Crippen LogP contribution in [0.5, 0.6) is 5.75 Å². The lowest BCUT2D eigenvalue weighted by Crippen LogP contribution is -2.51. The highest BCUT2D eigenvalue weighted by molar-refractivity contribution is 9.10. The van der Waals surface area contributed by atoms with Gasteiger partial charge in [0.1, 0.15) is 11.8 Å². The van der Waals surface area contributed by atoms with Gasteiger partial charge >= 0.3 is 0 Å². The molecule has 0 fully saturated rings. The van der Waals surface area contributed by atoms with Gasteiger partial charge in [-0.15, -0.1) is 0 Å². The van der Waals surface area contributed by atoms with E-state index in [1.54, 1.807) is 35.2 Å². The minimum atomic E-state index is -0.737. The molecule has 0 aliphatic carbocycles. The molecule has 0 heterocycles. The van der Waals surface area contributed by atoms with Crippen LogP contribution in [0.3, 0.4) is 0 Å². The third-order valence-electron chi connectivity index (χ3n) is 5.33. The fourth-order valence-electron chi connectivity index (χ4n) is 3.51. The van der Waals surface area contributed by atoms with Crippen molar-refractivity contribution in [1.29, 1.82) is 0 Å². The molecular formula is C27H27BrCl2N2O3. The lowest BCUT2D eigenvalue weighted by atomic mass is 10.0. The normalized spacial score (nSPS) is 11.5. The van der Waals surface area contributed by atoms with Crippen LogP contribution in [0, 0.1) is 0 Å². The lowest BCUT2D eigenvalue weighted by Gasteiger charge is -2.31. The van der Waals surface area contributed by atoms with Crippen LogP contribution in [0.2, 0.25) is 10.0 Å². The standard InChI is InChI=1S/C27H27BrCl2N2O3/c1-2-14-31-27(34)25(16-19-6-4-3-5-7-19)32(17-20-8-13-23(29)24(30)15-20)26(33)18-35-22-11-9-21(28)10-12-22/h3-13,15,25H,2,14,16-18H2,1H3,(H,31,34). The van der Waals surface area contributed by atoms with Crippen LogP contribution in [0.1, 0.15) is 24.5 Å². The molecule has 1 atom stereocenters. The van der Waals surface area contributed by atoms with Crippen molar-refractivity contribution in [2.45, 2.75) is 32.4 Å². The van der Waals surface area contributed by atoms with Crippen molar-refractivity contribution in [3.63, 3.8) is 0 Å². The molecule has 35 heavy (non-hydrogen) atoms. The first kappa shape index (κ1) is 27.1. The Kier molecular flexibility index (Phi) is 10.5. The summed E-state index contributed by atoms with van der Waals surface area (Å²) < 4.78 is 6.66. The average molecular weight is 578 g/mol.